The van der Waals surface area contributed by atoms with Crippen molar-refractivity contribution in [3.8, 4) is 0 Å². The summed E-state index contributed by atoms with van der Waals surface area (Å²) in [7, 11) is 0. The molecule has 0 unspecified atom stereocenters. The van der Waals surface area contributed by atoms with E-state index in [9.17, 15) is 4.79 Å². The molecule has 0 aromatic rings. The second-order valence-corrected chi connectivity index (χ2v) is 4.90. The van der Waals surface area contributed by atoms with Crippen LogP contribution in [-0.2, 0) is 4.79 Å². The average molecular weight is 245 g/mol. The van der Waals surface area contributed by atoms with E-state index in [0.717, 1.165) is 37.0 Å². The Balaban J connectivity index is 2.65. The van der Waals surface area contributed by atoms with Gasteiger partial charge in [-0.2, -0.15) is 0 Å². The molecular formula is C16H23NO. The number of rotatable bonds is 6. The average Bonchev–Trinajstić information content (AvgIpc) is 2.75. The third-order valence-electron chi connectivity index (χ3n) is 3.23. The van der Waals surface area contributed by atoms with Crippen molar-refractivity contribution in [2.45, 2.75) is 38.6 Å². The van der Waals surface area contributed by atoms with Gasteiger partial charge in [-0.05, 0) is 31.8 Å². The van der Waals surface area contributed by atoms with Crippen LogP contribution in [0.4, 0.5) is 0 Å². The monoisotopic (exact) mass is 245 g/mol. The van der Waals surface area contributed by atoms with E-state index in [1.807, 2.05) is 17.9 Å². The number of allylic oxidation sites excluding steroid dienone is 3. The molecule has 0 radical (unpaired) electrons. The van der Waals surface area contributed by atoms with E-state index in [2.05, 4.69) is 19.7 Å². The highest BCUT2D eigenvalue weighted by Crippen LogP contribution is 2.24. The van der Waals surface area contributed by atoms with Gasteiger partial charge in [0.25, 0.3) is 0 Å². The van der Waals surface area contributed by atoms with Gasteiger partial charge >= 0.3 is 0 Å². The van der Waals surface area contributed by atoms with Gasteiger partial charge in [0.1, 0.15) is 0 Å². The fourth-order valence-electron chi connectivity index (χ4n) is 2.41. The fraction of sp³-hybridized carbons (Fsp3) is 0.438. The molecule has 0 aliphatic carbocycles. The van der Waals surface area contributed by atoms with Gasteiger partial charge in [-0.1, -0.05) is 37.0 Å². The Morgan fingerprint density at radius 2 is 2.17 bits per heavy atom. The predicted octanol–water partition coefficient (Wildman–Crippen LogP) is 3.63. The van der Waals surface area contributed by atoms with Crippen LogP contribution in [0, 0.1) is 0 Å². The number of hydrogen-bond acceptors (Lipinski definition) is 1. The lowest BCUT2D eigenvalue weighted by atomic mass is 10.1. The summed E-state index contributed by atoms with van der Waals surface area (Å²) in [6.45, 7) is 14.2. The van der Waals surface area contributed by atoms with E-state index < -0.39 is 0 Å². The molecule has 0 aromatic carbocycles. The van der Waals surface area contributed by atoms with Crippen molar-refractivity contribution in [1.29, 1.82) is 0 Å². The number of nitrogens with zero attached hydrogens (tertiary/aromatic N) is 1. The summed E-state index contributed by atoms with van der Waals surface area (Å²) in [5.74, 6) is 0.187. The van der Waals surface area contributed by atoms with Crippen LogP contribution in [0.25, 0.3) is 0 Å². The van der Waals surface area contributed by atoms with Crippen LogP contribution < -0.4 is 0 Å². The molecular weight excluding hydrogens is 222 g/mol. The van der Waals surface area contributed by atoms with Crippen LogP contribution in [0.2, 0.25) is 0 Å². The van der Waals surface area contributed by atoms with Crippen LogP contribution in [0.1, 0.15) is 32.6 Å². The van der Waals surface area contributed by atoms with Gasteiger partial charge in [-0.15, -0.1) is 6.58 Å². The number of amides is 1. The Hall–Kier alpha value is -1.57. The summed E-state index contributed by atoms with van der Waals surface area (Å²) in [5, 5.41) is 0. The molecule has 0 aromatic heterocycles. The third kappa shape index (κ3) is 4.02. The van der Waals surface area contributed by atoms with Crippen LogP contribution in [0.5, 0.6) is 0 Å². The summed E-state index contributed by atoms with van der Waals surface area (Å²) in [5.41, 5.74) is 2.07. The standard InChI is InChI=1S/C16H23NO/c1-5-8-14(6-2)12-16(18)17-10-7-9-15(17)11-13(3)4/h5-6,8,15H,1-3,7,9-12H2,4H3/b14-8+/t15-/m0/s1. The Kier molecular flexibility index (Phi) is 5.63. The van der Waals surface area contributed by atoms with Gasteiger partial charge in [-0.3, -0.25) is 4.79 Å². The minimum absolute atomic E-state index is 0.187. The lowest BCUT2D eigenvalue weighted by Gasteiger charge is -2.25. The first-order valence-corrected chi connectivity index (χ1v) is 6.46. The lowest BCUT2D eigenvalue weighted by Crippen LogP contribution is -2.35. The first-order valence-electron chi connectivity index (χ1n) is 6.46. The summed E-state index contributed by atoms with van der Waals surface area (Å²) in [6, 6.07) is 0.338. The van der Waals surface area contributed by atoms with E-state index in [4.69, 9.17) is 0 Å². The van der Waals surface area contributed by atoms with Crippen molar-refractivity contribution in [2.75, 3.05) is 6.54 Å². The normalized spacial score (nSPS) is 19.7. The Labute approximate surface area is 110 Å². The second kappa shape index (κ2) is 7.00. The minimum Gasteiger partial charge on any atom is -0.339 e. The second-order valence-electron chi connectivity index (χ2n) is 4.90. The van der Waals surface area contributed by atoms with Crippen molar-refractivity contribution in [3.05, 3.63) is 49.1 Å². The maximum Gasteiger partial charge on any atom is 0.227 e. The van der Waals surface area contributed by atoms with Crippen molar-refractivity contribution < 1.29 is 4.79 Å². The van der Waals surface area contributed by atoms with Crippen LogP contribution >= 0.6 is 0 Å². The molecule has 0 spiro atoms. The number of hydrogen-bond donors (Lipinski definition) is 0. The maximum atomic E-state index is 12.3. The first kappa shape index (κ1) is 14.5. The number of carbonyl (C=O) groups is 1. The molecule has 1 aliphatic heterocycles. The van der Waals surface area contributed by atoms with Gasteiger partial charge in [0.15, 0.2) is 0 Å². The van der Waals surface area contributed by atoms with Crippen molar-refractivity contribution in [1.82, 2.24) is 4.90 Å². The first-order chi connectivity index (χ1) is 8.58. The van der Waals surface area contributed by atoms with E-state index in [-0.39, 0.29) is 5.91 Å². The molecule has 18 heavy (non-hydrogen) atoms. The zero-order chi connectivity index (χ0) is 13.5. The molecule has 2 nitrogen and oxygen atoms in total. The molecule has 98 valence electrons. The highest BCUT2D eigenvalue weighted by atomic mass is 16.2. The van der Waals surface area contributed by atoms with Gasteiger partial charge in [0.05, 0.1) is 6.42 Å². The molecule has 1 rings (SSSR count). The maximum absolute atomic E-state index is 12.3. The largest absolute Gasteiger partial charge is 0.339 e. The quantitative estimate of drug-likeness (QED) is 0.517. The molecule has 2 heteroatoms. The van der Waals surface area contributed by atoms with E-state index in [1.165, 1.54) is 0 Å². The summed E-state index contributed by atoms with van der Waals surface area (Å²) in [6.07, 6.45) is 8.78. The molecule has 1 saturated heterocycles. The molecule has 0 bridgehead atoms. The van der Waals surface area contributed by atoms with E-state index in [0.29, 0.717) is 12.5 Å². The van der Waals surface area contributed by atoms with Gasteiger partial charge < -0.3 is 4.90 Å². The Morgan fingerprint density at radius 3 is 2.72 bits per heavy atom. The van der Waals surface area contributed by atoms with Crippen LogP contribution in [-0.4, -0.2) is 23.4 Å². The lowest BCUT2D eigenvalue weighted by molar-refractivity contribution is -0.131. The Bertz CT molecular complexity index is 379. The predicted molar refractivity (Wildman–Crippen MR) is 77.3 cm³/mol. The van der Waals surface area contributed by atoms with Gasteiger partial charge in [0, 0.05) is 12.6 Å². The highest BCUT2D eigenvalue weighted by Gasteiger charge is 2.28. The number of carbonyl (C=O) groups excluding carboxylic acids is 1. The van der Waals surface area contributed by atoms with Crippen molar-refractivity contribution in [2.24, 2.45) is 0 Å². The van der Waals surface area contributed by atoms with Crippen LogP contribution in [0.15, 0.2) is 49.1 Å². The van der Waals surface area contributed by atoms with Crippen molar-refractivity contribution >= 4 is 5.91 Å². The molecule has 0 saturated carbocycles. The zero-order valence-corrected chi connectivity index (χ0v) is 11.3. The zero-order valence-electron chi connectivity index (χ0n) is 11.3. The van der Waals surface area contributed by atoms with E-state index >= 15 is 0 Å². The topological polar surface area (TPSA) is 20.3 Å². The molecule has 1 amide bonds. The third-order valence-corrected chi connectivity index (χ3v) is 3.23. The molecule has 1 atom stereocenters. The highest BCUT2D eigenvalue weighted by molar-refractivity contribution is 5.80. The summed E-state index contributed by atoms with van der Waals surface area (Å²) < 4.78 is 0. The number of likely N-dealkylation sites (tertiary alicyclic amines) is 1. The van der Waals surface area contributed by atoms with Gasteiger partial charge in [-0.25, -0.2) is 0 Å². The minimum atomic E-state index is 0.187. The molecule has 1 fully saturated rings. The summed E-state index contributed by atoms with van der Waals surface area (Å²) >= 11 is 0. The van der Waals surface area contributed by atoms with Crippen molar-refractivity contribution in [3.63, 3.8) is 0 Å². The molecule has 1 aliphatic rings. The van der Waals surface area contributed by atoms with E-state index in [1.54, 1.807) is 12.2 Å². The Morgan fingerprint density at radius 1 is 1.44 bits per heavy atom. The smallest absolute Gasteiger partial charge is 0.227 e. The SMILES string of the molecule is C=C/C=C(\C=C)CC(=O)N1CCC[C@H]1CC(=C)C. The van der Waals surface area contributed by atoms with Crippen LogP contribution in [0.3, 0.4) is 0 Å². The summed E-state index contributed by atoms with van der Waals surface area (Å²) in [4.78, 5) is 14.2. The molecule has 0 N–H and O–H groups in total. The molecule has 1 heterocycles. The fourth-order valence-corrected chi connectivity index (χ4v) is 2.41. The van der Waals surface area contributed by atoms with Gasteiger partial charge in [0.2, 0.25) is 5.91 Å².